The zero-order valence-corrected chi connectivity index (χ0v) is 12.0. The van der Waals surface area contributed by atoms with Crippen LogP contribution in [0.15, 0.2) is 52.6 Å². The highest BCUT2D eigenvalue weighted by Gasteiger charge is 2.04. The van der Waals surface area contributed by atoms with Gasteiger partial charge in [-0.05, 0) is 30.3 Å². The van der Waals surface area contributed by atoms with Gasteiger partial charge in [0, 0.05) is 12.3 Å². The first-order valence-electron chi connectivity index (χ1n) is 6.41. The lowest BCUT2D eigenvalue weighted by Gasteiger charge is -2.06. The average molecular weight is 313 g/mol. The van der Waals surface area contributed by atoms with Gasteiger partial charge in [-0.1, -0.05) is 0 Å². The van der Waals surface area contributed by atoms with E-state index in [-0.39, 0.29) is 17.6 Å². The van der Waals surface area contributed by atoms with E-state index >= 15 is 0 Å². The van der Waals surface area contributed by atoms with Crippen LogP contribution < -0.4 is 27.7 Å². The van der Waals surface area contributed by atoms with Crippen LogP contribution in [0.3, 0.4) is 0 Å². The second kappa shape index (κ2) is 6.89. The standard InChI is InChI=1S/C14H15N7O2/c15-12(22)11-7-10(5-6-19-11)23-9-3-1-8(2-4-9)20-14(18)21-13(16)17/h1-7H,(H2,15,22)(H6,16,17,18,20,21). The Hall–Kier alpha value is -3.62. The molecule has 1 aromatic carbocycles. The number of nitrogens with two attached hydrogens (primary N) is 4. The maximum absolute atomic E-state index is 11.1. The van der Waals surface area contributed by atoms with Gasteiger partial charge in [0.25, 0.3) is 5.91 Å². The van der Waals surface area contributed by atoms with Crippen LogP contribution in [0.4, 0.5) is 5.69 Å². The van der Waals surface area contributed by atoms with Crippen molar-refractivity contribution in [1.29, 1.82) is 0 Å². The van der Waals surface area contributed by atoms with Gasteiger partial charge in [0.2, 0.25) is 5.96 Å². The Labute approximate surface area is 131 Å². The molecule has 118 valence electrons. The van der Waals surface area contributed by atoms with Crippen molar-refractivity contribution in [3.63, 3.8) is 0 Å². The number of nitrogens with zero attached hydrogens (tertiary/aromatic N) is 3. The van der Waals surface area contributed by atoms with Gasteiger partial charge in [0.05, 0.1) is 5.69 Å². The van der Waals surface area contributed by atoms with E-state index in [0.29, 0.717) is 17.2 Å². The quantitative estimate of drug-likeness (QED) is 0.464. The largest absolute Gasteiger partial charge is 0.457 e. The van der Waals surface area contributed by atoms with Crippen molar-refractivity contribution in [2.45, 2.75) is 0 Å². The van der Waals surface area contributed by atoms with E-state index < -0.39 is 5.91 Å². The zero-order valence-electron chi connectivity index (χ0n) is 12.0. The molecule has 9 heteroatoms. The van der Waals surface area contributed by atoms with E-state index in [1.807, 2.05) is 0 Å². The molecule has 1 aromatic heterocycles. The maximum atomic E-state index is 11.1. The van der Waals surface area contributed by atoms with Gasteiger partial charge in [-0.2, -0.15) is 4.99 Å². The van der Waals surface area contributed by atoms with Crippen molar-refractivity contribution in [3.8, 4) is 11.5 Å². The molecule has 0 aliphatic rings. The van der Waals surface area contributed by atoms with Crippen molar-refractivity contribution in [2.75, 3.05) is 0 Å². The molecule has 0 bridgehead atoms. The van der Waals surface area contributed by atoms with Gasteiger partial charge in [-0.15, -0.1) is 0 Å². The van der Waals surface area contributed by atoms with E-state index in [0.717, 1.165) is 0 Å². The third kappa shape index (κ3) is 4.70. The van der Waals surface area contributed by atoms with Crippen LogP contribution in [0.1, 0.15) is 10.5 Å². The fraction of sp³-hybridized carbons (Fsp3) is 0. The molecule has 0 atom stereocenters. The summed E-state index contributed by atoms with van der Waals surface area (Å²) in [7, 11) is 0. The zero-order chi connectivity index (χ0) is 16.8. The molecular formula is C14H15N7O2. The number of carbonyl (C=O) groups excluding carboxylic acids is 1. The molecule has 23 heavy (non-hydrogen) atoms. The van der Waals surface area contributed by atoms with Gasteiger partial charge in [-0.3, -0.25) is 9.78 Å². The van der Waals surface area contributed by atoms with E-state index in [9.17, 15) is 4.79 Å². The molecule has 0 radical (unpaired) electrons. The summed E-state index contributed by atoms with van der Waals surface area (Å²) in [5.41, 5.74) is 21.8. The molecule has 0 aliphatic heterocycles. The van der Waals surface area contributed by atoms with Crippen LogP contribution in [0, 0.1) is 0 Å². The molecule has 0 spiro atoms. The molecule has 1 heterocycles. The molecular weight excluding hydrogens is 298 g/mol. The number of aromatic nitrogens is 1. The second-order valence-electron chi connectivity index (χ2n) is 4.34. The summed E-state index contributed by atoms with van der Waals surface area (Å²) in [4.78, 5) is 22.5. The lowest BCUT2D eigenvalue weighted by atomic mass is 10.3. The predicted molar refractivity (Wildman–Crippen MR) is 86.4 cm³/mol. The molecule has 0 unspecified atom stereocenters. The number of ether oxygens (including phenoxy) is 1. The van der Waals surface area contributed by atoms with Gasteiger partial charge in [0.1, 0.15) is 17.2 Å². The van der Waals surface area contributed by atoms with Crippen LogP contribution in [0.2, 0.25) is 0 Å². The molecule has 2 aromatic rings. The lowest BCUT2D eigenvalue weighted by Crippen LogP contribution is -2.26. The Balaban J connectivity index is 2.13. The highest BCUT2D eigenvalue weighted by Crippen LogP contribution is 2.24. The number of hydrogen-bond donors (Lipinski definition) is 4. The van der Waals surface area contributed by atoms with Crippen LogP contribution >= 0.6 is 0 Å². The SMILES string of the molecule is NC(=O)c1cc(Oc2ccc(N=C(N)N=C(N)N)cc2)ccn1. The lowest BCUT2D eigenvalue weighted by molar-refractivity contribution is 0.0995. The highest BCUT2D eigenvalue weighted by molar-refractivity contribution is 5.93. The Morgan fingerprint density at radius 1 is 1.00 bits per heavy atom. The molecule has 0 aliphatic carbocycles. The smallest absolute Gasteiger partial charge is 0.267 e. The number of carbonyl (C=O) groups is 1. The van der Waals surface area contributed by atoms with Crippen molar-refractivity contribution in [3.05, 3.63) is 48.3 Å². The average Bonchev–Trinajstić information content (AvgIpc) is 2.48. The fourth-order valence-electron chi connectivity index (χ4n) is 1.62. The van der Waals surface area contributed by atoms with Crippen molar-refractivity contribution < 1.29 is 9.53 Å². The van der Waals surface area contributed by atoms with E-state index in [1.54, 1.807) is 30.3 Å². The van der Waals surface area contributed by atoms with Gasteiger partial charge in [0.15, 0.2) is 5.96 Å². The Bertz CT molecular complexity index is 765. The number of amides is 1. The summed E-state index contributed by atoms with van der Waals surface area (Å²) in [6, 6.07) is 9.74. The number of aliphatic imine (C=N–C) groups is 2. The minimum atomic E-state index is -0.629. The normalized spacial score (nSPS) is 10.9. The summed E-state index contributed by atoms with van der Waals surface area (Å²) in [5, 5.41) is 0. The first-order chi connectivity index (χ1) is 10.9. The van der Waals surface area contributed by atoms with Crippen LogP contribution in [0.25, 0.3) is 0 Å². The number of benzene rings is 1. The molecule has 8 N–H and O–H groups in total. The number of hydrogen-bond acceptors (Lipinski definition) is 4. The van der Waals surface area contributed by atoms with Gasteiger partial charge in [-0.25, -0.2) is 4.99 Å². The predicted octanol–water partition coefficient (Wildman–Crippen LogP) is 0.192. The van der Waals surface area contributed by atoms with Crippen molar-refractivity contribution in [1.82, 2.24) is 4.98 Å². The summed E-state index contributed by atoms with van der Waals surface area (Å²) < 4.78 is 5.60. The molecule has 2 rings (SSSR count). The van der Waals surface area contributed by atoms with Crippen LogP contribution in [-0.2, 0) is 0 Å². The maximum Gasteiger partial charge on any atom is 0.267 e. The molecule has 0 fully saturated rings. The Kier molecular flexibility index (Phi) is 4.72. The Morgan fingerprint density at radius 2 is 1.70 bits per heavy atom. The topological polar surface area (TPSA) is 168 Å². The molecule has 1 amide bonds. The molecule has 0 saturated carbocycles. The monoisotopic (exact) mass is 313 g/mol. The number of rotatable bonds is 4. The highest BCUT2D eigenvalue weighted by atomic mass is 16.5. The summed E-state index contributed by atoms with van der Waals surface area (Å²) in [6.45, 7) is 0. The number of primary amides is 1. The van der Waals surface area contributed by atoms with Crippen molar-refractivity contribution in [2.24, 2.45) is 32.9 Å². The summed E-state index contributed by atoms with van der Waals surface area (Å²) in [6.07, 6.45) is 1.43. The van der Waals surface area contributed by atoms with E-state index in [2.05, 4.69) is 15.0 Å². The Morgan fingerprint density at radius 3 is 2.30 bits per heavy atom. The first kappa shape index (κ1) is 15.8. The number of pyridine rings is 1. The summed E-state index contributed by atoms with van der Waals surface area (Å²) >= 11 is 0. The third-order valence-electron chi connectivity index (χ3n) is 2.54. The number of guanidine groups is 2. The van der Waals surface area contributed by atoms with Crippen LogP contribution in [-0.4, -0.2) is 22.8 Å². The summed E-state index contributed by atoms with van der Waals surface area (Å²) in [5.74, 6) is 0.111. The van der Waals surface area contributed by atoms with E-state index in [4.69, 9.17) is 27.7 Å². The molecule has 9 nitrogen and oxygen atoms in total. The fourth-order valence-corrected chi connectivity index (χ4v) is 1.62. The van der Waals surface area contributed by atoms with Crippen molar-refractivity contribution >= 4 is 23.5 Å². The second-order valence-corrected chi connectivity index (χ2v) is 4.34. The minimum absolute atomic E-state index is 0.0566. The minimum Gasteiger partial charge on any atom is -0.457 e. The third-order valence-corrected chi connectivity index (χ3v) is 2.54. The van der Waals surface area contributed by atoms with E-state index in [1.165, 1.54) is 12.3 Å². The van der Waals surface area contributed by atoms with Crippen LogP contribution in [0.5, 0.6) is 11.5 Å². The molecule has 0 saturated heterocycles. The van der Waals surface area contributed by atoms with Gasteiger partial charge >= 0.3 is 0 Å². The van der Waals surface area contributed by atoms with Gasteiger partial charge < -0.3 is 27.7 Å². The first-order valence-corrected chi connectivity index (χ1v) is 6.41.